The third-order valence-corrected chi connectivity index (χ3v) is 9.92. The van der Waals surface area contributed by atoms with Gasteiger partial charge in [-0.1, -0.05) is 83.8 Å². The molecule has 1 amide bonds. The number of hydrogen-bond acceptors (Lipinski definition) is 10. The van der Waals surface area contributed by atoms with Gasteiger partial charge in [-0.05, 0) is 55.3 Å². The quantitative estimate of drug-likeness (QED) is 0.132. The highest BCUT2D eigenvalue weighted by atomic mass is 35.5. The molecule has 2 aliphatic rings. The van der Waals surface area contributed by atoms with Crippen molar-refractivity contribution < 1.29 is 24.5 Å². The lowest BCUT2D eigenvalue weighted by Gasteiger charge is -2.36. The van der Waals surface area contributed by atoms with E-state index in [1.165, 1.54) is 11.7 Å². The molecule has 4 heterocycles. The van der Waals surface area contributed by atoms with Crippen LogP contribution >= 0.6 is 11.6 Å². The average Bonchev–Trinajstić information content (AvgIpc) is 3.92. The Labute approximate surface area is 343 Å². The van der Waals surface area contributed by atoms with Crippen LogP contribution in [0.5, 0.6) is 11.5 Å². The van der Waals surface area contributed by atoms with E-state index in [4.69, 9.17) is 16.3 Å². The van der Waals surface area contributed by atoms with Gasteiger partial charge in [-0.3, -0.25) is 19.4 Å². The number of aliphatic hydroxyl groups is 1. The molecule has 1 saturated carbocycles. The molecule has 14 heteroatoms. The maximum Gasteiger partial charge on any atom is 0.275 e. The lowest BCUT2D eigenvalue weighted by atomic mass is 9.96. The van der Waals surface area contributed by atoms with Crippen LogP contribution in [0.15, 0.2) is 113 Å². The summed E-state index contributed by atoms with van der Waals surface area (Å²) in [7, 11) is 2.93. The number of fused-ring (bicyclic) bond motifs is 1. The Bertz CT molecular complexity index is 2380. The number of hydrazone groups is 1. The van der Waals surface area contributed by atoms with Gasteiger partial charge in [0.05, 0.1) is 37.3 Å². The van der Waals surface area contributed by atoms with E-state index in [1.54, 1.807) is 55.6 Å². The van der Waals surface area contributed by atoms with Gasteiger partial charge in [0.2, 0.25) is 0 Å². The van der Waals surface area contributed by atoms with Crippen molar-refractivity contribution in [2.75, 3.05) is 20.7 Å². The number of aromatic nitrogens is 4. The largest absolute Gasteiger partial charge is 0.506 e. The van der Waals surface area contributed by atoms with Gasteiger partial charge in [0.15, 0.2) is 17.2 Å². The molecule has 306 valence electrons. The monoisotopic (exact) mass is 809 g/mol. The molecule has 1 aliphatic heterocycles. The predicted molar refractivity (Wildman–Crippen MR) is 230 cm³/mol. The maximum atomic E-state index is 12.2. The SMILES string of the molecule is C=C1C(O)=CN(CC2(n3ccc4cccnc43)CCCC2)N=C1C(=O)CC.CC.CC.CNC(=O)c1nn(-c2ccccc2-c2cc(OC)ccc2Cl)cc(O)c1=O. The number of nitrogens with one attached hydrogen (secondary N) is 1. The summed E-state index contributed by atoms with van der Waals surface area (Å²) < 4.78 is 8.78. The number of pyridine rings is 1. The molecule has 0 unspecified atom stereocenters. The Morgan fingerprint density at radius 2 is 1.71 bits per heavy atom. The molecule has 58 heavy (non-hydrogen) atoms. The van der Waals surface area contributed by atoms with Crippen LogP contribution in [0.2, 0.25) is 5.02 Å². The molecule has 0 spiro atoms. The lowest BCUT2D eigenvalue weighted by Crippen LogP contribution is -2.41. The predicted octanol–water partition coefficient (Wildman–Crippen LogP) is 8.59. The standard InChI is InChI=1S/C21H24N4O2.C19H16ClN3O4.2C2H6/c1-3-17(26)19-15(2)18(27)13-24(23-19)14-21(9-4-5-10-21)25-12-8-16-7-6-11-22-20(16)25;1-21-19(26)17-18(25)16(24)10-23(22-17)15-6-4-3-5-12(15)13-9-11(27-2)7-8-14(13)20;2*1-2/h6-8,11-13,27H,2-5,9-10,14H2,1H3;3-10,24H,1-2H3,(H,21,26);2*1-2H3. The van der Waals surface area contributed by atoms with Gasteiger partial charge in [0, 0.05) is 53.0 Å². The summed E-state index contributed by atoms with van der Waals surface area (Å²) in [6.45, 7) is 14.2. The molecule has 0 atom stereocenters. The van der Waals surface area contributed by atoms with Crippen molar-refractivity contribution in [3.63, 3.8) is 0 Å². The van der Waals surface area contributed by atoms with Crippen LogP contribution in [-0.2, 0) is 10.3 Å². The lowest BCUT2D eigenvalue weighted by molar-refractivity contribution is -0.112. The normalized spacial score (nSPS) is 14.1. The fraction of sp³-hybridized carbons (Fsp3) is 0.318. The van der Waals surface area contributed by atoms with Gasteiger partial charge >= 0.3 is 0 Å². The summed E-state index contributed by atoms with van der Waals surface area (Å²) >= 11 is 6.36. The number of carbonyl (C=O) groups excluding carboxylic acids is 2. The average molecular weight is 810 g/mol. The molecular formula is C44H52ClN7O6. The van der Waals surface area contributed by atoms with Crippen LogP contribution in [0.25, 0.3) is 27.8 Å². The second kappa shape index (κ2) is 20.3. The zero-order chi connectivity index (χ0) is 42.6. The first-order valence-electron chi connectivity index (χ1n) is 19.4. The molecule has 7 rings (SSSR count). The molecule has 1 aliphatic carbocycles. The van der Waals surface area contributed by atoms with Crippen molar-refractivity contribution in [3.8, 4) is 28.3 Å². The van der Waals surface area contributed by atoms with Crippen molar-refractivity contribution in [1.29, 1.82) is 0 Å². The number of Topliss-reactive ketones (excluding diaryl/α,β-unsaturated/α-hetero) is 1. The van der Waals surface area contributed by atoms with Crippen molar-refractivity contribution in [2.45, 2.75) is 72.3 Å². The van der Waals surface area contributed by atoms with E-state index in [9.17, 15) is 24.6 Å². The third-order valence-electron chi connectivity index (χ3n) is 9.59. The number of ether oxygens (including phenoxy) is 1. The second-order valence-corrected chi connectivity index (χ2v) is 13.3. The Hall–Kier alpha value is -6.21. The van der Waals surface area contributed by atoms with Crippen LogP contribution < -0.4 is 15.5 Å². The van der Waals surface area contributed by atoms with E-state index in [1.807, 2.05) is 52.1 Å². The minimum absolute atomic E-state index is 0.00503. The first-order chi connectivity index (χ1) is 28.0. The molecule has 3 N–H and O–H groups in total. The number of benzene rings is 2. The van der Waals surface area contributed by atoms with E-state index in [0.29, 0.717) is 46.1 Å². The summed E-state index contributed by atoms with van der Waals surface area (Å²) in [6.07, 6.45) is 11.2. The number of aromatic hydroxyl groups is 1. The summed E-state index contributed by atoms with van der Waals surface area (Å²) in [4.78, 5) is 40.7. The van der Waals surface area contributed by atoms with Crippen molar-refractivity contribution >= 4 is 40.0 Å². The summed E-state index contributed by atoms with van der Waals surface area (Å²) in [5.74, 6) is -0.772. The third kappa shape index (κ3) is 9.48. The maximum absolute atomic E-state index is 12.2. The summed E-state index contributed by atoms with van der Waals surface area (Å²) in [5, 5.41) is 34.5. The van der Waals surface area contributed by atoms with Crippen LogP contribution in [0.3, 0.4) is 0 Å². The van der Waals surface area contributed by atoms with Crippen LogP contribution in [0.4, 0.5) is 0 Å². The number of amides is 1. The van der Waals surface area contributed by atoms with Gasteiger partial charge in [-0.2, -0.15) is 10.2 Å². The number of para-hydroxylation sites is 1. The number of aliphatic hydroxyl groups excluding tert-OH is 1. The molecule has 0 bridgehead atoms. The molecule has 2 aromatic carbocycles. The van der Waals surface area contributed by atoms with Crippen LogP contribution in [0.1, 0.15) is 77.2 Å². The van der Waals surface area contributed by atoms with Crippen molar-refractivity contribution in [2.24, 2.45) is 5.10 Å². The fourth-order valence-electron chi connectivity index (χ4n) is 6.80. The minimum Gasteiger partial charge on any atom is -0.506 e. The zero-order valence-electron chi connectivity index (χ0n) is 34.1. The van der Waals surface area contributed by atoms with E-state index in [0.717, 1.165) is 42.9 Å². The topological polar surface area (TPSA) is 164 Å². The molecule has 0 saturated heterocycles. The number of halogens is 1. The van der Waals surface area contributed by atoms with Crippen LogP contribution in [-0.4, -0.2) is 72.7 Å². The molecule has 5 aromatic rings. The smallest absolute Gasteiger partial charge is 0.275 e. The number of methoxy groups -OCH3 is 1. The van der Waals surface area contributed by atoms with Crippen molar-refractivity contribution in [3.05, 3.63) is 124 Å². The van der Waals surface area contributed by atoms with Gasteiger partial charge in [0.25, 0.3) is 11.3 Å². The second-order valence-electron chi connectivity index (χ2n) is 12.9. The van der Waals surface area contributed by atoms with E-state index in [-0.39, 0.29) is 22.8 Å². The zero-order valence-corrected chi connectivity index (χ0v) is 34.9. The van der Waals surface area contributed by atoms with Gasteiger partial charge in [-0.15, -0.1) is 0 Å². The Morgan fingerprint density at radius 1 is 1.00 bits per heavy atom. The van der Waals surface area contributed by atoms with Crippen LogP contribution in [0, 0.1) is 0 Å². The number of carbonyl (C=O) groups is 2. The highest BCUT2D eigenvalue weighted by molar-refractivity contribution is 6.47. The molecule has 3 aromatic heterocycles. The molecule has 0 radical (unpaired) electrons. The fourth-order valence-corrected chi connectivity index (χ4v) is 7.02. The Balaban J connectivity index is 0.000000237. The summed E-state index contributed by atoms with van der Waals surface area (Å²) in [5.41, 5.74) is 1.96. The minimum atomic E-state index is -0.845. The van der Waals surface area contributed by atoms with Crippen molar-refractivity contribution in [1.82, 2.24) is 29.7 Å². The first kappa shape index (κ1) is 44.5. The number of hydrogen-bond donors (Lipinski definition) is 3. The number of allylic oxidation sites excluding steroid dienone is 1. The van der Waals surface area contributed by atoms with E-state index < -0.39 is 22.8 Å². The molecule has 13 nitrogen and oxygen atoms in total. The molecule has 1 fully saturated rings. The van der Waals surface area contributed by atoms with Gasteiger partial charge in [-0.25, -0.2) is 9.67 Å². The Kier molecular flexibility index (Phi) is 15.6. The number of rotatable bonds is 9. The molecular weight excluding hydrogens is 758 g/mol. The number of nitrogens with zero attached hydrogens (tertiary/aromatic N) is 6. The highest BCUT2D eigenvalue weighted by Crippen LogP contribution is 2.40. The highest BCUT2D eigenvalue weighted by Gasteiger charge is 2.39. The summed E-state index contributed by atoms with van der Waals surface area (Å²) in [6, 6.07) is 18.4. The van der Waals surface area contributed by atoms with E-state index in [2.05, 4.69) is 50.0 Å². The van der Waals surface area contributed by atoms with E-state index >= 15 is 0 Å². The first-order valence-corrected chi connectivity index (χ1v) is 19.8. The number of ketones is 1. The van der Waals surface area contributed by atoms with Gasteiger partial charge in [0.1, 0.15) is 22.9 Å². The van der Waals surface area contributed by atoms with Gasteiger partial charge < -0.3 is 24.8 Å². The Morgan fingerprint density at radius 3 is 2.38 bits per heavy atom.